The molecule has 0 saturated carbocycles. The normalized spacial score (nSPS) is 14.5. The summed E-state index contributed by atoms with van der Waals surface area (Å²) >= 11 is 0. The second-order valence-electron chi connectivity index (χ2n) is 8.18. The molecule has 3 aromatic rings. The number of piperazine rings is 1. The quantitative estimate of drug-likeness (QED) is 0.644. The minimum atomic E-state index is -0.541. The molecule has 1 saturated heterocycles. The van der Waals surface area contributed by atoms with Gasteiger partial charge in [0.25, 0.3) is 5.91 Å². The zero-order chi connectivity index (χ0) is 21.8. The van der Waals surface area contributed by atoms with Gasteiger partial charge in [-0.25, -0.2) is 4.98 Å². The number of benzene rings is 2. The van der Waals surface area contributed by atoms with Crippen molar-refractivity contribution in [2.45, 2.75) is 13.3 Å². The Morgan fingerprint density at radius 1 is 1.00 bits per heavy atom. The molecule has 1 amide bonds. The number of hydrogen-bond donors (Lipinski definition) is 2. The number of likely N-dealkylation sites (N-methyl/N-ethyl adjacent to an activating group) is 1. The molecule has 2 heterocycles. The van der Waals surface area contributed by atoms with Crippen LogP contribution in [0.3, 0.4) is 0 Å². The number of aryl methyl sites for hydroxylation is 1. The lowest BCUT2D eigenvalue weighted by Crippen LogP contribution is -2.44. The lowest BCUT2D eigenvalue weighted by atomic mass is 10.1. The Labute approximate surface area is 183 Å². The predicted octanol–water partition coefficient (Wildman–Crippen LogP) is 3.58. The van der Waals surface area contributed by atoms with Crippen LogP contribution in [-0.2, 0) is 6.42 Å². The van der Waals surface area contributed by atoms with E-state index in [1.807, 2.05) is 24.3 Å². The summed E-state index contributed by atoms with van der Waals surface area (Å²) in [6.07, 6.45) is 2.46. The molecule has 1 aliphatic rings. The fourth-order valence-electron chi connectivity index (χ4n) is 3.92. The fraction of sp³-hybridized carbons (Fsp3) is 0.280. The van der Waals surface area contributed by atoms with E-state index < -0.39 is 5.91 Å². The molecule has 6 nitrogen and oxygen atoms in total. The first-order chi connectivity index (χ1) is 15.0. The SMILES string of the molecule is Cc1cc(N2CCN(C)CC2)ccc1Nc1cc(Cc2ccccc2)cnc1C(N)=O. The van der Waals surface area contributed by atoms with Gasteiger partial charge in [-0.05, 0) is 61.3 Å². The van der Waals surface area contributed by atoms with Crippen LogP contribution >= 0.6 is 0 Å². The molecule has 0 spiro atoms. The van der Waals surface area contributed by atoms with Gasteiger partial charge in [-0.3, -0.25) is 4.79 Å². The molecule has 0 radical (unpaired) electrons. The molecular weight excluding hydrogens is 386 g/mol. The van der Waals surface area contributed by atoms with Crippen molar-refractivity contribution in [3.05, 3.63) is 83.2 Å². The number of anilines is 3. The Morgan fingerprint density at radius 2 is 1.74 bits per heavy atom. The van der Waals surface area contributed by atoms with Gasteiger partial charge in [0, 0.05) is 43.8 Å². The number of carbonyl (C=O) groups is 1. The molecule has 6 heteroatoms. The van der Waals surface area contributed by atoms with E-state index in [-0.39, 0.29) is 5.69 Å². The van der Waals surface area contributed by atoms with E-state index in [1.54, 1.807) is 6.20 Å². The van der Waals surface area contributed by atoms with E-state index in [1.165, 1.54) is 11.3 Å². The Bertz CT molecular complexity index is 1060. The van der Waals surface area contributed by atoms with Crippen LogP contribution in [0.2, 0.25) is 0 Å². The van der Waals surface area contributed by atoms with Crippen molar-refractivity contribution in [2.75, 3.05) is 43.4 Å². The molecule has 3 N–H and O–H groups in total. The lowest BCUT2D eigenvalue weighted by molar-refractivity contribution is 0.0996. The van der Waals surface area contributed by atoms with E-state index in [0.29, 0.717) is 5.69 Å². The van der Waals surface area contributed by atoms with Gasteiger partial charge in [0.2, 0.25) is 0 Å². The number of amides is 1. The summed E-state index contributed by atoms with van der Waals surface area (Å²) in [7, 11) is 2.16. The summed E-state index contributed by atoms with van der Waals surface area (Å²) in [5.41, 5.74) is 12.0. The number of nitrogens with one attached hydrogen (secondary N) is 1. The van der Waals surface area contributed by atoms with Crippen molar-refractivity contribution in [1.82, 2.24) is 9.88 Å². The molecule has 2 aromatic carbocycles. The predicted molar refractivity (Wildman–Crippen MR) is 126 cm³/mol. The highest BCUT2D eigenvalue weighted by Gasteiger charge is 2.16. The van der Waals surface area contributed by atoms with Crippen LogP contribution in [-0.4, -0.2) is 49.0 Å². The maximum Gasteiger partial charge on any atom is 0.269 e. The average molecular weight is 416 g/mol. The van der Waals surface area contributed by atoms with Gasteiger partial charge in [-0.2, -0.15) is 0 Å². The summed E-state index contributed by atoms with van der Waals surface area (Å²) in [6.45, 7) is 6.27. The Hall–Kier alpha value is -3.38. The van der Waals surface area contributed by atoms with Crippen LogP contribution in [0.4, 0.5) is 17.1 Å². The van der Waals surface area contributed by atoms with Gasteiger partial charge in [-0.15, -0.1) is 0 Å². The summed E-state index contributed by atoms with van der Waals surface area (Å²) in [6, 6.07) is 18.6. The Balaban J connectivity index is 1.57. The molecule has 31 heavy (non-hydrogen) atoms. The molecule has 0 bridgehead atoms. The van der Waals surface area contributed by atoms with Gasteiger partial charge >= 0.3 is 0 Å². The van der Waals surface area contributed by atoms with Crippen LogP contribution in [0.5, 0.6) is 0 Å². The number of primary amides is 1. The first-order valence-electron chi connectivity index (χ1n) is 10.6. The zero-order valence-corrected chi connectivity index (χ0v) is 18.1. The third kappa shape index (κ3) is 5.03. The second-order valence-corrected chi connectivity index (χ2v) is 8.18. The molecule has 160 valence electrons. The molecule has 0 unspecified atom stereocenters. The van der Waals surface area contributed by atoms with Crippen molar-refractivity contribution >= 4 is 23.0 Å². The number of nitrogens with zero attached hydrogens (tertiary/aromatic N) is 3. The van der Waals surface area contributed by atoms with Crippen molar-refractivity contribution in [3.8, 4) is 0 Å². The van der Waals surface area contributed by atoms with Crippen LogP contribution < -0.4 is 16.0 Å². The highest BCUT2D eigenvalue weighted by molar-refractivity contribution is 5.97. The van der Waals surface area contributed by atoms with Gasteiger partial charge in [-0.1, -0.05) is 30.3 Å². The van der Waals surface area contributed by atoms with E-state index in [0.717, 1.165) is 49.4 Å². The van der Waals surface area contributed by atoms with Gasteiger partial charge in [0.15, 0.2) is 5.69 Å². The maximum absolute atomic E-state index is 12.0. The topological polar surface area (TPSA) is 74.5 Å². The summed E-state index contributed by atoms with van der Waals surface area (Å²) in [4.78, 5) is 21.1. The first-order valence-corrected chi connectivity index (χ1v) is 10.6. The molecule has 0 aliphatic carbocycles. The second kappa shape index (κ2) is 9.18. The van der Waals surface area contributed by atoms with Gasteiger partial charge in [0.05, 0.1) is 5.69 Å². The van der Waals surface area contributed by atoms with Crippen LogP contribution in [0.15, 0.2) is 60.8 Å². The molecule has 0 atom stereocenters. The first kappa shape index (κ1) is 20.9. The highest BCUT2D eigenvalue weighted by Crippen LogP contribution is 2.28. The largest absolute Gasteiger partial charge is 0.369 e. The smallest absolute Gasteiger partial charge is 0.269 e. The van der Waals surface area contributed by atoms with Gasteiger partial charge < -0.3 is 20.9 Å². The number of pyridine rings is 1. The minimum absolute atomic E-state index is 0.249. The third-order valence-corrected chi connectivity index (χ3v) is 5.78. The van der Waals surface area contributed by atoms with Crippen molar-refractivity contribution in [1.29, 1.82) is 0 Å². The highest BCUT2D eigenvalue weighted by atomic mass is 16.1. The van der Waals surface area contributed by atoms with E-state index >= 15 is 0 Å². The van der Waals surface area contributed by atoms with Crippen LogP contribution in [0.25, 0.3) is 0 Å². The summed E-state index contributed by atoms with van der Waals surface area (Å²) < 4.78 is 0. The number of rotatable bonds is 6. The fourth-order valence-corrected chi connectivity index (χ4v) is 3.92. The number of aromatic nitrogens is 1. The van der Waals surface area contributed by atoms with E-state index in [9.17, 15) is 4.79 Å². The molecule has 1 aliphatic heterocycles. The zero-order valence-electron chi connectivity index (χ0n) is 18.1. The molecular formula is C25H29N5O. The standard InChI is InChI=1S/C25H29N5O/c1-18-14-21(30-12-10-29(2)11-13-30)8-9-22(18)28-23-16-20(17-27-24(23)25(26)31)15-19-6-4-3-5-7-19/h3-9,14,16-17,28H,10-13,15H2,1-2H3,(H2,26,31). The lowest BCUT2D eigenvalue weighted by Gasteiger charge is -2.34. The number of hydrogen-bond acceptors (Lipinski definition) is 5. The maximum atomic E-state index is 12.0. The van der Waals surface area contributed by atoms with E-state index in [2.05, 4.69) is 64.4 Å². The van der Waals surface area contributed by atoms with Crippen LogP contribution in [0.1, 0.15) is 27.2 Å². The number of nitrogens with two attached hydrogens (primary N) is 1. The average Bonchev–Trinajstić information content (AvgIpc) is 2.76. The molecule has 1 aromatic heterocycles. The molecule has 4 rings (SSSR count). The molecule has 1 fully saturated rings. The van der Waals surface area contributed by atoms with Crippen molar-refractivity contribution < 1.29 is 4.79 Å². The monoisotopic (exact) mass is 415 g/mol. The van der Waals surface area contributed by atoms with Gasteiger partial charge in [0.1, 0.15) is 0 Å². The van der Waals surface area contributed by atoms with Crippen LogP contribution in [0, 0.1) is 6.92 Å². The Kier molecular flexibility index (Phi) is 6.18. The third-order valence-electron chi connectivity index (χ3n) is 5.78. The Morgan fingerprint density at radius 3 is 2.42 bits per heavy atom. The summed E-state index contributed by atoms with van der Waals surface area (Å²) in [5.74, 6) is -0.541. The van der Waals surface area contributed by atoms with Crippen molar-refractivity contribution in [2.24, 2.45) is 5.73 Å². The van der Waals surface area contributed by atoms with Crippen molar-refractivity contribution in [3.63, 3.8) is 0 Å². The van der Waals surface area contributed by atoms with E-state index in [4.69, 9.17) is 5.73 Å². The number of carbonyl (C=O) groups excluding carboxylic acids is 1. The minimum Gasteiger partial charge on any atom is -0.369 e. The summed E-state index contributed by atoms with van der Waals surface area (Å²) in [5, 5.41) is 3.40.